The predicted molar refractivity (Wildman–Crippen MR) is 74.4 cm³/mol. The molecule has 2 amide bonds. The third-order valence-electron chi connectivity index (χ3n) is 3.51. The highest BCUT2D eigenvalue weighted by Gasteiger charge is 2.22. The molecule has 1 aromatic rings. The van der Waals surface area contributed by atoms with E-state index < -0.39 is 0 Å². The number of pyridine rings is 1. The van der Waals surface area contributed by atoms with Crippen LogP contribution < -0.4 is 10.1 Å². The molecule has 6 heteroatoms. The van der Waals surface area contributed by atoms with E-state index in [0.29, 0.717) is 19.0 Å². The maximum Gasteiger partial charge on any atom is 0.317 e. The second kappa shape index (κ2) is 7.09. The first-order valence-corrected chi connectivity index (χ1v) is 6.85. The molecule has 1 fully saturated rings. The highest BCUT2D eigenvalue weighted by Crippen LogP contribution is 2.15. The lowest BCUT2D eigenvalue weighted by atomic mass is 9.99. The maximum atomic E-state index is 12.0. The minimum Gasteiger partial charge on any atom is -0.481 e. The molecule has 6 nitrogen and oxygen atoms in total. The zero-order valence-corrected chi connectivity index (χ0v) is 11.7. The molecule has 20 heavy (non-hydrogen) atoms. The van der Waals surface area contributed by atoms with Gasteiger partial charge in [0.15, 0.2) is 0 Å². The monoisotopic (exact) mass is 279 g/mol. The van der Waals surface area contributed by atoms with Gasteiger partial charge in [-0.1, -0.05) is 6.07 Å². The number of hydrogen-bond donors (Lipinski definition) is 2. The highest BCUT2D eigenvalue weighted by molar-refractivity contribution is 5.74. The molecule has 1 unspecified atom stereocenters. The number of piperidine rings is 1. The van der Waals surface area contributed by atoms with Crippen LogP contribution in [-0.2, 0) is 6.54 Å². The molecule has 2 heterocycles. The molecular weight excluding hydrogens is 258 g/mol. The number of urea groups is 1. The Labute approximate surface area is 118 Å². The van der Waals surface area contributed by atoms with Gasteiger partial charge in [-0.15, -0.1) is 0 Å². The first kappa shape index (κ1) is 14.6. The number of amides is 2. The van der Waals surface area contributed by atoms with Crippen LogP contribution in [0.25, 0.3) is 0 Å². The molecule has 1 saturated heterocycles. The Morgan fingerprint density at radius 3 is 3.10 bits per heavy atom. The molecule has 1 atom stereocenters. The lowest BCUT2D eigenvalue weighted by Crippen LogP contribution is -2.45. The number of rotatable bonds is 4. The fourth-order valence-corrected chi connectivity index (χ4v) is 2.32. The van der Waals surface area contributed by atoms with Crippen LogP contribution in [0.3, 0.4) is 0 Å². The Hall–Kier alpha value is -1.82. The fourth-order valence-electron chi connectivity index (χ4n) is 2.32. The zero-order valence-electron chi connectivity index (χ0n) is 11.7. The standard InChI is InChI=1S/C14H21N3O3/c1-20-13-5-4-11(7-15-13)8-16-14(19)17-6-2-3-12(9-17)10-18/h4-5,7,12,18H,2-3,6,8-10H2,1H3,(H,16,19). The van der Waals surface area contributed by atoms with Crippen molar-refractivity contribution in [1.29, 1.82) is 0 Å². The summed E-state index contributed by atoms with van der Waals surface area (Å²) >= 11 is 0. The minimum atomic E-state index is -0.0843. The van der Waals surface area contributed by atoms with E-state index in [9.17, 15) is 4.79 Å². The number of aromatic nitrogens is 1. The molecule has 2 N–H and O–H groups in total. The molecule has 1 aliphatic rings. The lowest BCUT2D eigenvalue weighted by molar-refractivity contribution is 0.129. The molecule has 2 rings (SSSR count). The van der Waals surface area contributed by atoms with Gasteiger partial charge in [-0.25, -0.2) is 9.78 Å². The van der Waals surface area contributed by atoms with Crippen LogP contribution in [-0.4, -0.2) is 47.8 Å². The summed E-state index contributed by atoms with van der Waals surface area (Å²) in [5, 5.41) is 12.0. The Morgan fingerprint density at radius 2 is 2.45 bits per heavy atom. The normalized spacial score (nSPS) is 18.7. The number of nitrogens with one attached hydrogen (secondary N) is 1. The number of aliphatic hydroxyl groups is 1. The lowest BCUT2D eigenvalue weighted by Gasteiger charge is -2.31. The molecule has 0 aromatic carbocycles. The van der Waals surface area contributed by atoms with E-state index >= 15 is 0 Å². The average Bonchev–Trinajstić information content (AvgIpc) is 2.53. The maximum absolute atomic E-state index is 12.0. The van der Waals surface area contributed by atoms with Crippen LogP contribution in [0.4, 0.5) is 4.79 Å². The number of ether oxygens (including phenoxy) is 1. The predicted octanol–water partition coefficient (Wildman–Crippen LogP) is 1.00. The number of carbonyl (C=O) groups excluding carboxylic acids is 1. The molecule has 1 aliphatic heterocycles. The van der Waals surface area contributed by atoms with Crippen LogP contribution in [0, 0.1) is 5.92 Å². The van der Waals surface area contributed by atoms with Crippen molar-refractivity contribution < 1.29 is 14.6 Å². The van der Waals surface area contributed by atoms with Gasteiger partial charge in [0.2, 0.25) is 5.88 Å². The van der Waals surface area contributed by atoms with E-state index in [4.69, 9.17) is 9.84 Å². The van der Waals surface area contributed by atoms with Crippen molar-refractivity contribution in [2.75, 3.05) is 26.8 Å². The summed E-state index contributed by atoms with van der Waals surface area (Å²) in [7, 11) is 1.57. The molecule has 1 aromatic heterocycles. The van der Waals surface area contributed by atoms with Gasteiger partial charge in [-0.3, -0.25) is 0 Å². The summed E-state index contributed by atoms with van der Waals surface area (Å²) in [5.74, 6) is 0.763. The third kappa shape index (κ3) is 3.84. The van der Waals surface area contributed by atoms with Crippen molar-refractivity contribution in [3.63, 3.8) is 0 Å². The highest BCUT2D eigenvalue weighted by atomic mass is 16.5. The third-order valence-corrected chi connectivity index (χ3v) is 3.51. The first-order chi connectivity index (χ1) is 9.72. The van der Waals surface area contributed by atoms with Gasteiger partial charge in [0.05, 0.1) is 7.11 Å². The Bertz CT molecular complexity index is 436. The van der Waals surface area contributed by atoms with Gasteiger partial charge in [0.1, 0.15) is 0 Å². The number of nitrogens with zero attached hydrogens (tertiary/aromatic N) is 2. The summed E-state index contributed by atoms with van der Waals surface area (Å²) < 4.78 is 4.98. The van der Waals surface area contributed by atoms with Gasteiger partial charge in [-0.2, -0.15) is 0 Å². The van der Waals surface area contributed by atoms with Gasteiger partial charge >= 0.3 is 6.03 Å². The van der Waals surface area contributed by atoms with Crippen molar-refractivity contribution in [2.45, 2.75) is 19.4 Å². The van der Waals surface area contributed by atoms with E-state index in [1.165, 1.54) is 0 Å². The molecule has 0 saturated carbocycles. The summed E-state index contributed by atoms with van der Waals surface area (Å²) in [4.78, 5) is 17.9. The molecule has 0 aliphatic carbocycles. The van der Waals surface area contributed by atoms with E-state index in [2.05, 4.69) is 10.3 Å². The van der Waals surface area contributed by atoms with Crippen LogP contribution >= 0.6 is 0 Å². The first-order valence-electron chi connectivity index (χ1n) is 6.85. The van der Waals surface area contributed by atoms with Crippen molar-refractivity contribution in [3.05, 3.63) is 23.9 Å². The summed E-state index contributed by atoms with van der Waals surface area (Å²) in [6, 6.07) is 3.56. The largest absolute Gasteiger partial charge is 0.481 e. The minimum absolute atomic E-state index is 0.0843. The molecule has 0 bridgehead atoms. The smallest absolute Gasteiger partial charge is 0.317 e. The Morgan fingerprint density at radius 1 is 1.60 bits per heavy atom. The zero-order chi connectivity index (χ0) is 14.4. The number of carbonyl (C=O) groups is 1. The van der Waals surface area contributed by atoms with Crippen LogP contribution in [0.2, 0.25) is 0 Å². The van der Waals surface area contributed by atoms with Gasteiger partial charge < -0.3 is 20.1 Å². The van der Waals surface area contributed by atoms with E-state index in [0.717, 1.165) is 24.9 Å². The van der Waals surface area contributed by atoms with Gasteiger partial charge in [0.25, 0.3) is 0 Å². The van der Waals surface area contributed by atoms with Crippen LogP contribution in [0.15, 0.2) is 18.3 Å². The Kier molecular flexibility index (Phi) is 5.17. The van der Waals surface area contributed by atoms with Crippen LogP contribution in [0.5, 0.6) is 5.88 Å². The van der Waals surface area contributed by atoms with Crippen molar-refractivity contribution in [2.24, 2.45) is 5.92 Å². The molecule has 0 spiro atoms. The second-order valence-electron chi connectivity index (χ2n) is 5.00. The van der Waals surface area contributed by atoms with Gasteiger partial charge in [-0.05, 0) is 24.3 Å². The topological polar surface area (TPSA) is 74.7 Å². The molecule has 110 valence electrons. The van der Waals surface area contributed by atoms with E-state index in [-0.39, 0.29) is 18.6 Å². The van der Waals surface area contributed by atoms with E-state index in [1.54, 1.807) is 24.3 Å². The van der Waals surface area contributed by atoms with Gasteiger partial charge in [0, 0.05) is 38.5 Å². The second-order valence-corrected chi connectivity index (χ2v) is 5.00. The Balaban J connectivity index is 1.81. The quantitative estimate of drug-likeness (QED) is 0.862. The number of methoxy groups -OCH3 is 1. The average molecular weight is 279 g/mol. The number of aliphatic hydroxyl groups excluding tert-OH is 1. The summed E-state index contributed by atoms with van der Waals surface area (Å²) in [6.45, 7) is 1.97. The molecular formula is C14H21N3O3. The van der Waals surface area contributed by atoms with Crippen molar-refractivity contribution in [1.82, 2.24) is 15.2 Å². The summed E-state index contributed by atoms with van der Waals surface area (Å²) in [5.41, 5.74) is 0.926. The fraction of sp³-hybridized carbons (Fsp3) is 0.571. The summed E-state index contributed by atoms with van der Waals surface area (Å²) in [6.07, 6.45) is 3.62. The van der Waals surface area contributed by atoms with Crippen molar-refractivity contribution >= 4 is 6.03 Å². The van der Waals surface area contributed by atoms with E-state index in [1.807, 2.05) is 6.07 Å². The van der Waals surface area contributed by atoms with Crippen LogP contribution in [0.1, 0.15) is 18.4 Å². The number of hydrogen-bond acceptors (Lipinski definition) is 4. The number of likely N-dealkylation sites (tertiary alicyclic amines) is 1. The van der Waals surface area contributed by atoms with Crippen molar-refractivity contribution in [3.8, 4) is 5.88 Å². The molecule has 0 radical (unpaired) electrons. The SMILES string of the molecule is COc1ccc(CNC(=O)N2CCCC(CO)C2)cn1.